The van der Waals surface area contributed by atoms with E-state index in [2.05, 4.69) is 15.9 Å². The van der Waals surface area contributed by atoms with Gasteiger partial charge in [0.1, 0.15) is 5.76 Å². The lowest BCUT2D eigenvalue weighted by atomic mass is 10.3. The smallest absolute Gasteiger partial charge is 0.106 e. The van der Waals surface area contributed by atoms with Gasteiger partial charge in [-0.3, -0.25) is 0 Å². The van der Waals surface area contributed by atoms with Gasteiger partial charge in [-0.25, -0.2) is 0 Å². The van der Waals surface area contributed by atoms with Gasteiger partial charge >= 0.3 is 0 Å². The molecule has 3 heteroatoms. The molecule has 0 aliphatic carbocycles. The maximum atomic E-state index is 9.10. The minimum Gasteiger partial charge on any atom is -0.511 e. The Bertz CT molecular complexity index is 168. The molecule has 0 aromatic carbocycles. The summed E-state index contributed by atoms with van der Waals surface area (Å²) in [5.74, 6) is 0.319. The molecule has 0 atom stereocenters. The summed E-state index contributed by atoms with van der Waals surface area (Å²) in [5, 5.41) is 9.75. The molecule has 0 saturated heterocycles. The molecule has 0 spiro atoms. The first-order valence-corrected chi connectivity index (χ1v) is 4.16. The highest BCUT2D eigenvalue weighted by Gasteiger charge is 1.95. The van der Waals surface area contributed by atoms with Crippen molar-refractivity contribution in [3.63, 3.8) is 0 Å². The van der Waals surface area contributed by atoms with Gasteiger partial charge in [0.25, 0.3) is 0 Å². The zero-order chi connectivity index (χ0) is 8.15. The lowest BCUT2D eigenvalue weighted by Gasteiger charge is -1.95. The van der Waals surface area contributed by atoms with Gasteiger partial charge in [0, 0.05) is 11.5 Å². The second-order valence-electron chi connectivity index (χ2n) is 1.88. The molecule has 0 radical (unpaired) electrons. The average molecular weight is 226 g/mol. The molecule has 1 N–H and O–H groups in total. The van der Waals surface area contributed by atoms with Crippen LogP contribution in [-0.4, -0.2) is 5.11 Å². The first-order valence-electron chi connectivity index (χ1n) is 2.99. The average Bonchev–Trinajstić information content (AvgIpc) is 1.85. The summed E-state index contributed by atoms with van der Waals surface area (Å²) in [6.45, 7) is 3.62. The zero-order valence-electron chi connectivity index (χ0n) is 5.99. The summed E-state index contributed by atoms with van der Waals surface area (Å²) >= 11 is 8.73. The van der Waals surface area contributed by atoms with E-state index >= 15 is 0 Å². The number of allylic oxidation sites excluding steroid dienone is 4. The van der Waals surface area contributed by atoms with Crippen molar-refractivity contribution in [2.75, 3.05) is 0 Å². The van der Waals surface area contributed by atoms with Crippen LogP contribution in [0.4, 0.5) is 0 Å². The summed E-state index contributed by atoms with van der Waals surface area (Å²) in [7, 11) is 0. The molecule has 0 amide bonds. The Kier molecular flexibility index (Phi) is 4.83. The summed E-state index contributed by atoms with van der Waals surface area (Å²) in [5.41, 5.74) is 0. The van der Waals surface area contributed by atoms with E-state index in [1.165, 1.54) is 0 Å². The van der Waals surface area contributed by atoms with Crippen molar-refractivity contribution in [1.82, 2.24) is 0 Å². The Balaban J connectivity index is 4.33. The van der Waals surface area contributed by atoms with E-state index < -0.39 is 0 Å². The highest BCUT2D eigenvalue weighted by molar-refractivity contribution is 9.11. The van der Waals surface area contributed by atoms with Crippen molar-refractivity contribution in [2.24, 2.45) is 0 Å². The normalized spacial score (nSPS) is 15.0. The van der Waals surface area contributed by atoms with E-state index in [0.29, 0.717) is 21.7 Å². The lowest BCUT2D eigenvalue weighted by molar-refractivity contribution is 0.393. The van der Waals surface area contributed by atoms with Crippen LogP contribution in [-0.2, 0) is 0 Å². The number of rotatable bonds is 2. The van der Waals surface area contributed by atoms with Gasteiger partial charge < -0.3 is 5.11 Å². The Morgan fingerprint density at radius 1 is 1.70 bits per heavy atom. The molecule has 0 heterocycles. The van der Waals surface area contributed by atoms with Crippen molar-refractivity contribution in [3.05, 3.63) is 21.3 Å². The van der Waals surface area contributed by atoms with Crippen LogP contribution in [0, 0.1) is 0 Å². The standard InChI is InChI=1S/C7H10BrClO/c1-3-7(10)6(8)4-5(2)9/h4,10H,3H2,1-2H3/b5-4+,7-6-. The van der Waals surface area contributed by atoms with Gasteiger partial charge in [-0.05, 0) is 28.9 Å². The molecule has 0 bridgehead atoms. The van der Waals surface area contributed by atoms with Gasteiger partial charge in [0.2, 0.25) is 0 Å². The zero-order valence-corrected chi connectivity index (χ0v) is 8.33. The largest absolute Gasteiger partial charge is 0.511 e. The van der Waals surface area contributed by atoms with Crippen molar-refractivity contribution in [2.45, 2.75) is 20.3 Å². The minimum atomic E-state index is 0.319. The Hall–Kier alpha value is 0.0500. The molecule has 0 aliphatic heterocycles. The summed E-state index contributed by atoms with van der Waals surface area (Å²) in [4.78, 5) is 0. The van der Waals surface area contributed by atoms with Gasteiger partial charge in [0.05, 0.1) is 4.48 Å². The maximum absolute atomic E-state index is 9.10. The third kappa shape index (κ3) is 3.96. The Morgan fingerprint density at radius 3 is 2.50 bits per heavy atom. The quantitative estimate of drug-likeness (QED) is 0.561. The predicted octanol–water partition coefficient (Wildman–Crippen LogP) is 3.70. The fourth-order valence-corrected chi connectivity index (χ4v) is 1.29. The molecule has 0 rings (SSSR count). The molecule has 0 aromatic rings. The lowest BCUT2D eigenvalue weighted by Crippen LogP contribution is -1.79. The number of halogens is 2. The van der Waals surface area contributed by atoms with E-state index in [-0.39, 0.29) is 0 Å². The molecule has 0 fully saturated rings. The van der Waals surface area contributed by atoms with Crippen LogP contribution in [0.1, 0.15) is 20.3 Å². The summed E-state index contributed by atoms with van der Waals surface area (Å²) < 4.78 is 0.655. The highest BCUT2D eigenvalue weighted by Crippen LogP contribution is 2.17. The molecule has 0 unspecified atom stereocenters. The first kappa shape index (κ1) is 10.0. The third-order valence-electron chi connectivity index (χ3n) is 0.936. The fraction of sp³-hybridized carbons (Fsp3) is 0.429. The fourth-order valence-electron chi connectivity index (χ4n) is 0.427. The molecular weight excluding hydrogens is 215 g/mol. The Labute approximate surface area is 74.5 Å². The summed E-state index contributed by atoms with van der Waals surface area (Å²) in [6, 6.07) is 0. The second-order valence-corrected chi connectivity index (χ2v) is 3.33. The van der Waals surface area contributed by atoms with Gasteiger partial charge in [-0.15, -0.1) is 0 Å². The van der Waals surface area contributed by atoms with E-state index in [1.807, 2.05) is 6.92 Å². The van der Waals surface area contributed by atoms with Gasteiger partial charge in [-0.2, -0.15) is 0 Å². The van der Waals surface area contributed by atoms with Crippen LogP contribution in [0.3, 0.4) is 0 Å². The van der Waals surface area contributed by atoms with Crippen LogP contribution >= 0.6 is 27.5 Å². The van der Waals surface area contributed by atoms with Crippen LogP contribution in [0.15, 0.2) is 21.3 Å². The molecule has 1 nitrogen and oxygen atoms in total. The number of aliphatic hydroxyl groups is 1. The van der Waals surface area contributed by atoms with Gasteiger partial charge in [0.15, 0.2) is 0 Å². The molecule has 10 heavy (non-hydrogen) atoms. The minimum absolute atomic E-state index is 0.319. The highest BCUT2D eigenvalue weighted by atomic mass is 79.9. The number of aliphatic hydroxyl groups excluding tert-OH is 1. The van der Waals surface area contributed by atoms with E-state index in [9.17, 15) is 0 Å². The monoisotopic (exact) mass is 224 g/mol. The summed E-state index contributed by atoms with van der Waals surface area (Å²) in [6.07, 6.45) is 2.28. The van der Waals surface area contributed by atoms with Crippen LogP contribution < -0.4 is 0 Å². The third-order valence-corrected chi connectivity index (χ3v) is 1.73. The molecule has 58 valence electrons. The topological polar surface area (TPSA) is 20.2 Å². The van der Waals surface area contributed by atoms with Crippen LogP contribution in [0.5, 0.6) is 0 Å². The molecule has 0 aromatic heterocycles. The van der Waals surface area contributed by atoms with Crippen molar-refractivity contribution in [3.8, 4) is 0 Å². The molecule has 0 aliphatic rings. The Morgan fingerprint density at radius 2 is 2.20 bits per heavy atom. The first-order chi connectivity index (χ1) is 4.57. The maximum Gasteiger partial charge on any atom is 0.106 e. The van der Waals surface area contributed by atoms with Crippen molar-refractivity contribution >= 4 is 27.5 Å². The number of hydrogen-bond donors (Lipinski definition) is 1. The van der Waals surface area contributed by atoms with Crippen LogP contribution in [0.25, 0.3) is 0 Å². The molecular formula is C7H10BrClO. The van der Waals surface area contributed by atoms with E-state index in [4.69, 9.17) is 16.7 Å². The van der Waals surface area contributed by atoms with E-state index in [0.717, 1.165) is 0 Å². The van der Waals surface area contributed by atoms with Crippen molar-refractivity contribution < 1.29 is 5.11 Å². The van der Waals surface area contributed by atoms with Gasteiger partial charge in [-0.1, -0.05) is 18.5 Å². The molecule has 0 saturated carbocycles. The number of hydrogen-bond acceptors (Lipinski definition) is 1. The SMILES string of the molecule is CC/C(O)=C(Br)\C=C(/C)Cl. The predicted molar refractivity (Wildman–Crippen MR) is 48.5 cm³/mol. The van der Waals surface area contributed by atoms with Crippen LogP contribution in [0.2, 0.25) is 0 Å². The van der Waals surface area contributed by atoms with Crippen molar-refractivity contribution in [1.29, 1.82) is 0 Å². The van der Waals surface area contributed by atoms with E-state index in [1.54, 1.807) is 13.0 Å². The second kappa shape index (κ2) is 4.80.